The van der Waals surface area contributed by atoms with E-state index in [1.165, 1.54) is 5.56 Å². The van der Waals surface area contributed by atoms with E-state index in [1.54, 1.807) is 31.2 Å². The SMILES string of the molecule is CCCc1ccc(C2(C)NC(=O)N(CC(=O)Nc3ccccc3Oc3ccc(C)cc3)C2=O)cc1. The molecule has 1 atom stereocenters. The molecule has 1 aliphatic heterocycles. The predicted molar refractivity (Wildman–Crippen MR) is 134 cm³/mol. The normalized spacial score (nSPS) is 17.3. The first kappa shape index (κ1) is 24.0. The quantitative estimate of drug-likeness (QED) is 0.445. The van der Waals surface area contributed by atoms with Crippen molar-refractivity contribution in [2.75, 3.05) is 11.9 Å². The summed E-state index contributed by atoms with van der Waals surface area (Å²) in [7, 11) is 0. The average molecular weight is 472 g/mol. The zero-order valence-corrected chi connectivity index (χ0v) is 20.1. The van der Waals surface area contributed by atoms with Gasteiger partial charge in [-0.15, -0.1) is 0 Å². The number of carbonyl (C=O) groups excluding carboxylic acids is 3. The van der Waals surface area contributed by atoms with E-state index >= 15 is 0 Å². The zero-order chi connectivity index (χ0) is 25.0. The van der Waals surface area contributed by atoms with Crippen molar-refractivity contribution in [2.45, 2.75) is 39.2 Å². The largest absolute Gasteiger partial charge is 0.455 e. The molecule has 1 saturated heterocycles. The fourth-order valence-corrected chi connectivity index (χ4v) is 4.06. The Kier molecular flexibility index (Phi) is 6.87. The Hall–Kier alpha value is -4.13. The number of aryl methyl sites for hydroxylation is 2. The van der Waals surface area contributed by atoms with Gasteiger partial charge in [-0.1, -0.05) is 67.4 Å². The molecule has 0 bridgehead atoms. The summed E-state index contributed by atoms with van der Waals surface area (Å²) < 4.78 is 5.92. The van der Waals surface area contributed by atoms with Gasteiger partial charge in [-0.25, -0.2) is 4.79 Å². The molecule has 1 heterocycles. The minimum atomic E-state index is -1.23. The van der Waals surface area contributed by atoms with Gasteiger partial charge in [-0.05, 0) is 55.7 Å². The van der Waals surface area contributed by atoms with Crippen LogP contribution in [0.25, 0.3) is 0 Å². The molecule has 0 saturated carbocycles. The Morgan fingerprint density at radius 3 is 2.37 bits per heavy atom. The Morgan fingerprint density at radius 2 is 1.69 bits per heavy atom. The number of nitrogens with zero attached hydrogens (tertiary/aromatic N) is 1. The topological polar surface area (TPSA) is 87.7 Å². The number of hydrogen-bond donors (Lipinski definition) is 2. The lowest BCUT2D eigenvalue weighted by atomic mass is 9.91. The van der Waals surface area contributed by atoms with Gasteiger partial charge < -0.3 is 15.4 Å². The molecule has 3 aromatic carbocycles. The van der Waals surface area contributed by atoms with Gasteiger partial charge >= 0.3 is 6.03 Å². The third kappa shape index (κ3) is 5.19. The highest BCUT2D eigenvalue weighted by Crippen LogP contribution is 2.31. The maximum atomic E-state index is 13.2. The highest BCUT2D eigenvalue weighted by Gasteiger charge is 2.49. The summed E-state index contributed by atoms with van der Waals surface area (Å²) in [6.45, 7) is 5.34. The van der Waals surface area contributed by atoms with Crippen molar-refractivity contribution in [1.82, 2.24) is 10.2 Å². The van der Waals surface area contributed by atoms with Crippen molar-refractivity contribution < 1.29 is 19.1 Å². The Labute approximate surface area is 205 Å². The maximum Gasteiger partial charge on any atom is 0.325 e. The molecule has 0 spiro atoms. The highest BCUT2D eigenvalue weighted by molar-refractivity contribution is 6.10. The molecule has 4 rings (SSSR count). The van der Waals surface area contributed by atoms with Crippen LogP contribution in [0, 0.1) is 6.92 Å². The summed E-state index contributed by atoms with van der Waals surface area (Å²) >= 11 is 0. The van der Waals surface area contributed by atoms with Crippen molar-refractivity contribution in [3.05, 3.63) is 89.5 Å². The van der Waals surface area contributed by atoms with E-state index in [-0.39, 0.29) is 0 Å². The van der Waals surface area contributed by atoms with Crippen molar-refractivity contribution in [1.29, 1.82) is 0 Å². The number of nitrogens with one attached hydrogen (secondary N) is 2. The van der Waals surface area contributed by atoms with Crippen LogP contribution < -0.4 is 15.4 Å². The second-order valence-electron chi connectivity index (χ2n) is 8.85. The molecule has 1 fully saturated rings. The van der Waals surface area contributed by atoms with Crippen LogP contribution in [0.15, 0.2) is 72.8 Å². The Morgan fingerprint density at radius 1 is 1.00 bits per heavy atom. The van der Waals surface area contributed by atoms with Crippen LogP contribution in [-0.2, 0) is 21.5 Å². The summed E-state index contributed by atoms with van der Waals surface area (Å²) in [5, 5.41) is 5.51. The van der Waals surface area contributed by atoms with Crippen molar-refractivity contribution >= 4 is 23.5 Å². The number of para-hydroxylation sites is 2. The molecule has 0 aliphatic carbocycles. The minimum Gasteiger partial charge on any atom is -0.455 e. The predicted octanol–water partition coefficient (Wildman–Crippen LogP) is 5.15. The molecule has 4 amide bonds. The molecular weight excluding hydrogens is 442 g/mol. The molecule has 7 heteroatoms. The third-order valence-corrected chi connectivity index (χ3v) is 6.06. The molecule has 1 unspecified atom stereocenters. The molecule has 1 aliphatic rings. The van der Waals surface area contributed by atoms with E-state index in [9.17, 15) is 14.4 Å². The van der Waals surface area contributed by atoms with E-state index in [0.717, 1.165) is 23.3 Å². The van der Waals surface area contributed by atoms with Gasteiger partial charge in [-0.3, -0.25) is 14.5 Å². The lowest BCUT2D eigenvalue weighted by Crippen LogP contribution is -2.42. The van der Waals surface area contributed by atoms with E-state index in [2.05, 4.69) is 17.6 Å². The van der Waals surface area contributed by atoms with Gasteiger partial charge in [0.1, 0.15) is 17.8 Å². The number of hydrogen-bond acceptors (Lipinski definition) is 4. The molecule has 7 nitrogen and oxygen atoms in total. The molecule has 3 aromatic rings. The summed E-state index contributed by atoms with van der Waals surface area (Å²) in [5.74, 6) is 0.118. The van der Waals surface area contributed by atoms with Crippen molar-refractivity contribution in [3.63, 3.8) is 0 Å². The first-order valence-electron chi connectivity index (χ1n) is 11.7. The smallest absolute Gasteiger partial charge is 0.325 e. The van der Waals surface area contributed by atoms with E-state index < -0.39 is 29.9 Å². The van der Waals surface area contributed by atoms with Crippen LogP contribution in [0.2, 0.25) is 0 Å². The number of benzene rings is 3. The first-order valence-corrected chi connectivity index (χ1v) is 11.7. The van der Waals surface area contributed by atoms with Crippen LogP contribution in [0.3, 0.4) is 0 Å². The van der Waals surface area contributed by atoms with E-state index in [4.69, 9.17) is 4.74 Å². The molecular formula is C28H29N3O4. The maximum absolute atomic E-state index is 13.2. The standard InChI is InChI=1S/C28H29N3O4/c1-4-7-20-12-14-21(15-13-20)28(3)26(33)31(27(34)30-28)18-25(32)29-23-8-5-6-9-24(23)35-22-16-10-19(2)11-17-22/h5-6,8-17H,4,7,18H2,1-3H3,(H,29,32)(H,30,34). The summed E-state index contributed by atoms with van der Waals surface area (Å²) in [6, 6.07) is 21.6. The third-order valence-electron chi connectivity index (χ3n) is 6.06. The zero-order valence-electron chi connectivity index (χ0n) is 20.1. The number of imide groups is 1. The van der Waals surface area contributed by atoms with Crippen LogP contribution in [-0.4, -0.2) is 29.3 Å². The number of rotatable bonds is 8. The summed E-state index contributed by atoms with van der Waals surface area (Å²) in [5.41, 5.74) is 2.17. The van der Waals surface area contributed by atoms with Gasteiger partial charge in [0.25, 0.3) is 5.91 Å². The summed E-state index contributed by atoms with van der Waals surface area (Å²) in [6.07, 6.45) is 1.97. The second kappa shape index (κ2) is 10.0. The molecule has 35 heavy (non-hydrogen) atoms. The number of ether oxygens (including phenoxy) is 1. The van der Waals surface area contributed by atoms with Crippen LogP contribution in [0.4, 0.5) is 10.5 Å². The average Bonchev–Trinajstić information content (AvgIpc) is 3.06. The number of anilines is 1. The van der Waals surface area contributed by atoms with E-state index in [1.807, 2.05) is 55.5 Å². The Bertz CT molecular complexity index is 1240. The van der Waals surface area contributed by atoms with Gasteiger partial charge in [0.15, 0.2) is 5.75 Å². The van der Waals surface area contributed by atoms with Crippen LogP contribution in [0.1, 0.15) is 37.0 Å². The molecule has 0 aromatic heterocycles. The fourth-order valence-electron chi connectivity index (χ4n) is 4.06. The van der Waals surface area contributed by atoms with Crippen molar-refractivity contribution in [3.8, 4) is 11.5 Å². The molecule has 0 radical (unpaired) electrons. The van der Waals surface area contributed by atoms with Crippen LogP contribution >= 0.6 is 0 Å². The van der Waals surface area contributed by atoms with Crippen LogP contribution in [0.5, 0.6) is 11.5 Å². The molecule has 2 N–H and O–H groups in total. The Balaban J connectivity index is 1.45. The minimum absolute atomic E-state index is 0.410. The number of urea groups is 1. The fraction of sp³-hybridized carbons (Fsp3) is 0.250. The monoisotopic (exact) mass is 471 g/mol. The van der Waals surface area contributed by atoms with Gasteiger partial charge in [-0.2, -0.15) is 0 Å². The first-order chi connectivity index (χ1) is 16.8. The van der Waals surface area contributed by atoms with Crippen molar-refractivity contribution in [2.24, 2.45) is 0 Å². The second-order valence-corrected chi connectivity index (χ2v) is 8.85. The van der Waals surface area contributed by atoms with Gasteiger partial charge in [0.05, 0.1) is 5.69 Å². The lowest BCUT2D eigenvalue weighted by Gasteiger charge is -2.22. The number of amides is 4. The number of carbonyl (C=O) groups is 3. The highest BCUT2D eigenvalue weighted by atomic mass is 16.5. The lowest BCUT2D eigenvalue weighted by molar-refractivity contribution is -0.133. The van der Waals surface area contributed by atoms with E-state index in [0.29, 0.717) is 22.7 Å². The van der Waals surface area contributed by atoms with Gasteiger partial charge in [0, 0.05) is 0 Å². The molecule has 180 valence electrons. The summed E-state index contributed by atoms with van der Waals surface area (Å²) in [4.78, 5) is 39.6. The van der Waals surface area contributed by atoms with Gasteiger partial charge in [0.2, 0.25) is 5.91 Å².